The average molecular weight is 380 g/mol. The molecule has 28 heavy (non-hydrogen) atoms. The number of amides is 2. The van der Waals surface area contributed by atoms with Crippen molar-refractivity contribution in [3.05, 3.63) is 59.7 Å². The summed E-state index contributed by atoms with van der Waals surface area (Å²) in [5.41, 5.74) is 2.23. The normalized spacial score (nSPS) is 16.6. The van der Waals surface area contributed by atoms with Gasteiger partial charge in [0, 0.05) is 19.2 Å². The molecule has 0 aromatic heterocycles. The number of rotatable bonds is 3. The summed E-state index contributed by atoms with van der Waals surface area (Å²) in [5.74, 6) is -0.889. The van der Waals surface area contributed by atoms with Crippen LogP contribution in [0.25, 0.3) is 0 Å². The van der Waals surface area contributed by atoms with Gasteiger partial charge in [-0.25, -0.2) is 4.79 Å². The molecular weight excluding hydrogens is 356 g/mol. The second kappa shape index (κ2) is 7.84. The maximum absolute atomic E-state index is 13.3. The van der Waals surface area contributed by atoms with Gasteiger partial charge in [-0.1, -0.05) is 26.0 Å². The fourth-order valence-electron chi connectivity index (χ4n) is 3.43. The van der Waals surface area contributed by atoms with Gasteiger partial charge in [0.05, 0.1) is 30.0 Å². The lowest BCUT2D eigenvalue weighted by molar-refractivity contribution is -0.122. The smallest absolute Gasteiger partial charge is 0.337 e. The zero-order chi connectivity index (χ0) is 20.4. The molecule has 0 fully saturated rings. The number of fused-ring (bicyclic) bond motifs is 1. The minimum atomic E-state index is -0.453. The van der Waals surface area contributed by atoms with Crippen LogP contribution in [0.15, 0.2) is 48.5 Å². The first-order valence-corrected chi connectivity index (χ1v) is 9.22. The lowest BCUT2D eigenvalue weighted by atomic mass is 9.94. The Labute approximate surface area is 164 Å². The fourth-order valence-corrected chi connectivity index (χ4v) is 3.43. The van der Waals surface area contributed by atoms with E-state index in [-0.39, 0.29) is 23.7 Å². The molecule has 1 atom stereocenters. The van der Waals surface area contributed by atoms with Crippen LogP contribution >= 0.6 is 0 Å². The van der Waals surface area contributed by atoms with E-state index in [0.29, 0.717) is 29.0 Å². The zero-order valence-corrected chi connectivity index (χ0v) is 16.5. The number of benzene rings is 2. The van der Waals surface area contributed by atoms with Gasteiger partial charge >= 0.3 is 5.97 Å². The van der Waals surface area contributed by atoms with Crippen molar-refractivity contribution in [3.8, 4) is 0 Å². The number of para-hydroxylation sites is 2. The van der Waals surface area contributed by atoms with Crippen molar-refractivity contribution in [2.45, 2.75) is 13.8 Å². The molecule has 1 aliphatic heterocycles. The Balaban J connectivity index is 2.02. The van der Waals surface area contributed by atoms with Crippen molar-refractivity contribution in [1.29, 1.82) is 0 Å². The highest BCUT2D eigenvalue weighted by atomic mass is 16.5. The van der Waals surface area contributed by atoms with E-state index in [1.54, 1.807) is 41.1 Å². The summed E-state index contributed by atoms with van der Waals surface area (Å²) < 4.78 is 4.70. The van der Waals surface area contributed by atoms with E-state index in [2.05, 4.69) is 0 Å². The van der Waals surface area contributed by atoms with E-state index in [4.69, 9.17) is 4.74 Å². The first-order valence-electron chi connectivity index (χ1n) is 9.22. The highest BCUT2D eigenvalue weighted by molar-refractivity contribution is 6.11. The van der Waals surface area contributed by atoms with Gasteiger partial charge in [0.25, 0.3) is 5.91 Å². The topological polar surface area (TPSA) is 66.9 Å². The largest absolute Gasteiger partial charge is 0.465 e. The summed E-state index contributed by atoms with van der Waals surface area (Å²) in [6.45, 7) is 4.27. The Bertz CT molecular complexity index is 905. The summed E-state index contributed by atoms with van der Waals surface area (Å²) in [4.78, 5) is 41.2. The first kappa shape index (κ1) is 19.6. The molecule has 2 amide bonds. The maximum Gasteiger partial charge on any atom is 0.337 e. The van der Waals surface area contributed by atoms with Crippen molar-refractivity contribution in [3.63, 3.8) is 0 Å². The van der Waals surface area contributed by atoms with E-state index in [1.165, 1.54) is 7.11 Å². The van der Waals surface area contributed by atoms with Crippen LogP contribution in [0.1, 0.15) is 34.6 Å². The summed E-state index contributed by atoms with van der Waals surface area (Å²) in [6.07, 6.45) is 0. The Hall–Kier alpha value is -3.15. The number of esters is 1. The standard InChI is InChI=1S/C22H24N2O4/c1-14(2)17-13-24(19-8-6-5-7-18(19)23(3)21(17)26)20(25)15-9-11-16(12-10-15)22(27)28-4/h5-12,14,17H,13H2,1-4H3/t17-/m1/s1. The highest BCUT2D eigenvalue weighted by Gasteiger charge is 2.36. The monoisotopic (exact) mass is 380 g/mol. The molecule has 1 heterocycles. The number of methoxy groups -OCH3 is 1. The van der Waals surface area contributed by atoms with Crippen molar-refractivity contribution in [1.82, 2.24) is 0 Å². The molecule has 2 aromatic rings. The Morgan fingerprint density at radius 1 is 1.00 bits per heavy atom. The molecule has 146 valence electrons. The molecule has 0 saturated carbocycles. The van der Waals surface area contributed by atoms with Gasteiger partial charge in [0.2, 0.25) is 5.91 Å². The van der Waals surface area contributed by atoms with E-state index in [1.807, 2.05) is 38.1 Å². The zero-order valence-electron chi connectivity index (χ0n) is 16.5. The van der Waals surface area contributed by atoms with E-state index in [0.717, 1.165) is 0 Å². The summed E-state index contributed by atoms with van der Waals surface area (Å²) >= 11 is 0. The summed E-state index contributed by atoms with van der Waals surface area (Å²) in [5, 5.41) is 0. The second-order valence-corrected chi connectivity index (χ2v) is 7.22. The van der Waals surface area contributed by atoms with Crippen molar-refractivity contribution >= 4 is 29.2 Å². The van der Waals surface area contributed by atoms with Crippen molar-refractivity contribution in [2.24, 2.45) is 11.8 Å². The van der Waals surface area contributed by atoms with E-state index < -0.39 is 5.97 Å². The predicted octanol–water partition coefficient (Wildman–Crippen LogP) is 3.37. The SMILES string of the molecule is COC(=O)c1ccc(C(=O)N2C[C@H](C(C)C)C(=O)N(C)c3ccccc32)cc1. The van der Waals surface area contributed by atoms with Crippen molar-refractivity contribution < 1.29 is 19.1 Å². The van der Waals surface area contributed by atoms with Crippen LogP contribution in [0, 0.1) is 11.8 Å². The number of carbonyl (C=O) groups is 3. The number of carbonyl (C=O) groups excluding carboxylic acids is 3. The number of nitrogens with zero attached hydrogens (tertiary/aromatic N) is 2. The van der Waals surface area contributed by atoms with Gasteiger partial charge in [-0.05, 0) is 42.3 Å². The molecule has 0 N–H and O–H groups in total. The summed E-state index contributed by atoms with van der Waals surface area (Å²) in [7, 11) is 3.06. The quantitative estimate of drug-likeness (QED) is 0.766. The van der Waals surface area contributed by atoms with Crippen LogP contribution in [0.3, 0.4) is 0 Å². The predicted molar refractivity (Wildman–Crippen MR) is 108 cm³/mol. The third-order valence-corrected chi connectivity index (χ3v) is 5.16. The molecule has 0 spiro atoms. The molecule has 6 heteroatoms. The van der Waals surface area contributed by atoms with Gasteiger partial charge in [0.15, 0.2) is 0 Å². The number of hydrogen-bond donors (Lipinski definition) is 0. The molecular formula is C22H24N2O4. The van der Waals surface area contributed by atoms with Crippen molar-refractivity contribution in [2.75, 3.05) is 30.5 Å². The molecule has 0 bridgehead atoms. The molecule has 6 nitrogen and oxygen atoms in total. The molecule has 1 aliphatic rings. The minimum absolute atomic E-state index is 0.00112. The molecule has 3 rings (SSSR count). The Morgan fingerprint density at radius 2 is 1.57 bits per heavy atom. The van der Waals surface area contributed by atoms with Crippen LogP contribution in [-0.2, 0) is 9.53 Å². The van der Waals surface area contributed by atoms with Crippen LogP contribution in [0.5, 0.6) is 0 Å². The number of hydrogen-bond acceptors (Lipinski definition) is 4. The third-order valence-electron chi connectivity index (χ3n) is 5.16. The van der Waals surface area contributed by atoms with Gasteiger partial charge in [0.1, 0.15) is 0 Å². The fraction of sp³-hybridized carbons (Fsp3) is 0.318. The first-order chi connectivity index (χ1) is 13.3. The van der Waals surface area contributed by atoms with Crippen LogP contribution in [0.4, 0.5) is 11.4 Å². The minimum Gasteiger partial charge on any atom is -0.465 e. The number of ether oxygens (including phenoxy) is 1. The Kier molecular flexibility index (Phi) is 5.49. The molecule has 2 aromatic carbocycles. The molecule has 0 saturated heterocycles. The van der Waals surface area contributed by atoms with Gasteiger partial charge < -0.3 is 14.5 Å². The van der Waals surface area contributed by atoms with E-state index in [9.17, 15) is 14.4 Å². The second-order valence-electron chi connectivity index (χ2n) is 7.22. The Morgan fingerprint density at radius 3 is 2.14 bits per heavy atom. The lowest BCUT2D eigenvalue weighted by Crippen LogP contribution is -2.41. The van der Waals surface area contributed by atoms with Crippen LogP contribution in [-0.4, -0.2) is 38.5 Å². The molecule has 0 aliphatic carbocycles. The number of anilines is 2. The maximum atomic E-state index is 13.3. The highest BCUT2D eigenvalue weighted by Crippen LogP contribution is 2.35. The summed E-state index contributed by atoms with van der Waals surface area (Å²) in [6, 6.07) is 13.8. The van der Waals surface area contributed by atoms with Crippen LogP contribution in [0.2, 0.25) is 0 Å². The molecule has 0 radical (unpaired) electrons. The van der Waals surface area contributed by atoms with Gasteiger partial charge in [-0.3, -0.25) is 9.59 Å². The van der Waals surface area contributed by atoms with Crippen LogP contribution < -0.4 is 9.80 Å². The molecule has 0 unspecified atom stereocenters. The van der Waals surface area contributed by atoms with Gasteiger partial charge in [-0.15, -0.1) is 0 Å². The lowest BCUT2D eigenvalue weighted by Gasteiger charge is -2.26. The van der Waals surface area contributed by atoms with E-state index >= 15 is 0 Å². The average Bonchev–Trinajstić information content (AvgIpc) is 2.82. The third kappa shape index (κ3) is 3.50. The van der Waals surface area contributed by atoms with Gasteiger partial charge in [-0.2, -0.15) is 0 Å².